The lowest BCUT2D eigenvalue weighted by Gasteiger charge is -2.19. The Hall–Kier alpha value is -3.38. The van der Waals surface area contributed by atoms with Gasteiger partial charge in [0.25, 0.3) is 10.0 Å². The number of amides is 3. The molecular weight excluding hydrogens is 524 g/mol. The Balaban J connectivity index is 1.55. The molecule has 0 aliphatic carbocycles. The SMILES string of the molecule is CCCCNC(=O)NS(=O)(=O)c1ccc(NC(=O)CSc2nnc(-c3ccc(C(C)(C)C)cc3)n2C)cc1. The van der Waals surface area contributed by atoms with E-state index in [1.807, 2.05) is 35.4 Å². The number of hydrogen-bond acceptors (Lipinski definition) is 7. The predicted octanol–water partition coefficient (Wildman–Crippen LogP) is 4.30. The number of nitrogens with zero attached hydrogens (tertiary/aromatic N) is 3. The van der Waals surface area contributed by atoms with Crippen molar-refractivity contribution in [2.24, 2.45) is 7.05 Å². The van der Waals surface area contributed by atoms with Gasteiger partial charge in [-0.2, -0.15) is 0 Å². The fraction of sp³-hybridized carbons (Fsp3) is 0.385. The van der Waals surface area contributed by atoms with Crippen LogP contribution in [0.1, 0.15) is 46.1 Å². The van der Waals surface area contributed by atoms with E-state index in [2.05, 4.69) is 53.7 Å². The molecule has 3 rings (SSSR count). The summed E-state index contributed by atoms with van der Waals surface area (Å²) in [5.41, 5.74) is 2.65. The highest BCUT2D eigenvalue weighted by Crippen LogP contribution is 2.27. The minimum absolute atomic E-state index is 0.0582. The number of carbonyl (C=O) groups excluding carboxylic acids is 2. The van der Waals surface area contributed by atoms with E-state index in [-0.39, 0.29) is 22.0 Å². The fourth-order valence-corrected chi connectivity index (χ4v) is 5.09. The molecule has 3 N–H and O–H groups in total. The molecule has 0 unspecified atom stereocenters. The molecule has 38 heavy (non-hydrogen) atoms. The monoisotopic (exact) mass is 558 g/mol. The molecule has 0 saturated heterocycles. The second-order valence-electron chi connectivity index (χ2n) is 9.77. The van der Waals surface area contributed by atoms with Crippen LogP contribution in [0.2, 0.25) is 0 Å². The molecular formula is C26H34N6O4S2. The van der Waals surface area contributed by atoms with E-state index in [1.165, 1.54) is 41.6 Å². The molecule has 12 heteroatoms. The third-order valence-electron chi connectivity index (χ3n) is 5.67. The predicted molar refractivity (Wildman–Crippen MR) is 150 cm³/mol. The number of unbranched alkanes of at least 4 members (excludes halogenated alkanes) is 1. The maximum Gasteiger partial charge on any atom is 0.328 e. The van der Waals surface area contributed by atoms with Gasteiger partial charge in [-0.1, -0.05) is 70.1 Å². The van der Waals surface area contributed by atoms with Crippen molar-refractivity contribution in [2.75, 3.05) is 17.6 Å². The standard InChI is InChI=1S/C26H34N6O4S2/c1-6-7-16-27-24(34)31-38(35,36)21-14-12-20(13-15-21)28-22(33)17-37-25-30-29-23(32(25)5)18-8-10-19(11-9-18)26(2,3)4/h8-15H,6-7,16-17H2,1-5H3,(H,28,33)(H2,27,31,34). The molecule has 204 valence electrons. The van der Waals surface area contributed by atoms with Crippen molar-refractivity contribution in [1.29, 1.82) is 0 Å². The van der Waals surface area contributed by atoms with Gasteiger partial charge in [0.1, 0.15) is 0 Å². The number of aromatic nitrogens is 3. The normalized spacial score (nSPS) is 11.7. The third-order valence-corrected chi connectivity index (χ3v) is 8.03. The average Bonchev–Trinajstić information content (AvgIpc) is 3.22. The maximum atomic E-state index is 12.5. The Bertz CT molecular complexity index is 1360. The number of nitrogens with one attached hydrogen (secondary N) is 3. The minimum Gasteiger partial charge on any atom is -0.337 e. The van der Waals surface area contributed by atoms with Crippen molar-refractivity contribution in [3.63, 3.8) is 0 Å². The zero-order valence-electron chi connectivity index (χ0n) is 22.2. The molecule has 0 saturated carbocycles. The zero-order valence-corrected chi connectivity index (χ0v) is 23.9. The number of thioether (sulfide) groups is 1. The van der Waals surface area contributed by atoms with Gasteiger partial charge in [-0.05, 0) is 41.7 Å². The molecule has 3 aromatic rings. The summed E-state index contributed by atoms with van der Waals surface area (Å²) in [6.45, 7) is 8.84. The second kappa shape index (κ2) is 12.4. The molecule has 0 bridgehead atoms. The Morgan fingerprint density at radius 3 is 2.26 bits per heavy atom. The number of urea groups is 1. The summed E-state index contributed by atoms with van der Waals surface area (Å²) in [5.74, 6) is 0.519. The Labute approximate surface area is 228 Å². The van der Waals surface area contributed by atoms with Gasteiger partial charge in [0, 0.05) is 24.8 Å². The van der Waals surface area contributed by atoms with Crippen molar-refractivity contribution in [2.45, 2.75) is 56.0 Å². The summed E-state index contributed by atoms with van der Waals surface area (Å²) < 4.78 is 28.6. The lowest BCUT2D eigenvalue weighted by Crippen LogP contribution is -2.39. The van der Waals surface area contributed by atoms with E-state index in [1.54, 1.807) is 0 Å². The second-order valence-corrected chi connectivity index (χ2v) is 12.4. The van der Waals surface area contributed by atoms with Gasteiger partial charge < -0.3 is 15.2 Å². The lowest BCUT2D eigenvalue weighted by atomic mass is 9.87. The van der Waals surface area contributed by atoms with Gasteiger partial charge in [-0.3, -0.25) is 4.79 Å². The average molecular weight is 559 g/mol. The van der Waals surface area contributed by atoms with Gasteiger partial charge in [0.15, 0.2) is 11.0 Å². The van der Waals surface area contributed by atoms with Gasteiger partial charge in [0.05, 0.1) is 10.6 Å². The lowest BCUT2D eigenvalue weighted by molar-refractivity contribution is -0.113. The van der Waals surface area contributed by atoms with Crippen molar-refractivity contribution in [3.8, 4) is 11.4 Å². The number of sulfonamides is 1. The van der Waals surface area contributed by atoms with Gasteiger partial charge in [-0.15, -0.1) is 10.2 Å². The summed E-state index contributed by atoms with van der Waals surface area (Å²) in [7, 11) is -2.17. The topological polar surface area (TPSA) is 135 Å². The number of hydrogen-bond donors (Lipinski definition) is 3. The summed E-state index contributed by atoms with van der Waals surface area (Å²) >= 11 is 1.25. The van der Waals surface area contributed by atoms with Crippen molar-refractivity contribution in [1.82, 2.24) is 24.8 Å². The smallest absolute Gasteiger partial charge is 0.328 e. The molecule has 1 aromatic heterocycles. The molecule has 0 fully saturated rings. The van der Waals surface area contributed by atoms with Crippen molar-refractivity contribution >= 4 is 39.4 Å². The van der Waals surface area contributed by atoms with E-state index in [9.17, 15) is 18.0 Å². The van der Waals surface area contributed by atoms with E-state index in [0.717, 1.165) is 18.4 Å². The van der Waals surface area contributed by atoms with Crippen molar-refractivity contribution < 1.29 is 18.0 Å². The maximum absolute atomic E-state index is 12.5. The van der Waals surface area contributed by atoms with Crippen LogP contribution in [0.25, 0.3) is 11.4 Å². The Kier molecular flexibility index (Phi) is 9.55. The Morgan fingerprint density at radius 2 is 1.66 bits per heavy atom. The van der Waals surface area contributed by atoms with Crippen LogP contribution < -0.4 is 15.4 Å². The van der Waals surface area contributed by atoms with Gasteiger partial charge >= 0.3 is 6.03 Å². The van der Waals surface area contributed by atoms with E-state index in [0.29, 0.717) is 23.2 Å². The summed E-state index contributed by atoms with van der Waals surface area (Å²) in [6.07, 6.45) is 1.63. The highest BCUT2D eigenvalue weighted by atomic mass is 32.2. The minimum atomic E-state index is -4.02. The summed E-state index contributed by atoms with van der Waals surface area (Å²) in [6, 6.07) is 13.0. The van der Waals surface area contributed by atoms with E-state index in [4.69, 9.17) is 0 Å². The number of carbonyl (C=O) groups is 2. The third kappa shape index (κ3) is 7.81. The van der Waals surface area contributed by atoms with Crippen LogP contribution in [-0.4, -0.2) is 47.4 Å². The number of benzene rings is 2. The summed E-state index contributed by atoms with van der Waals surface area (Å²) in [4.78, 5) is 24.2. The summed E-state index contributed by atoms with van der Waals surface area (Å²) in [5, 5.41) is 14.3. The quantitative estimate of drug-likeness (QED) is 0.249. The van der Waals surface area contributed by atoms with Crippen LogP contribution in [0, 0.1) is 0 Å². The van der Waals surface area contributed by atoms with Crippen LogP contribution in [0.15, 0.2) is 58.6 Å². The molecule has 0 aliphatic heterocycles. The largest absolute Gasteiger partial charge is 0.337 e. The number of rotatable bonds is 10. The zero-order chi connectivity index (χ0) is 27.9. The van der Waals surface area contributed by atoms with Gasteiger partial charge in [0.2, 0.25) is 5.91 Å². The first-order chi connectivity index (χ1) is 17.9. The first-order valence-corrected chi connectivity index (χ1v) is 14.7. The van der Waals surface area contributed by atoms with Crippen molar-refractivity contribution in [3.05, 3.63) is 54.1 Å². The molecule has 10 nitrogen and oxygen atoms in total. The van der Waals surface area contributed by atoms with Gasteiger partial charge in [-0.25, -0.2) is 17.9 Å². The van der Waals surface area contributed by atoms with Crippen LogP contribution in [0.3, 0.4) is 0 Å². The molecule has 0 atom stereocenters. The highest BCUT2D eigenvalue weighted by Gasteiger charge is 2.18. The van der Waals surface area contributed by atoms with E-state index < -0.39 is 16.1 Å². The molecule has 0 radical (unpaired) electrons. The molecule has 0 spiro atoms. The highest BCUT2D eigenvalue weighted by molar-refractivity contribution is 7.99. The van der Waals surface area contributed by atoms with E-state index >= 15 is 0 Å². The fourth-order valence-electron chi connectivity index (χ4n) is 3.45. The Morgan fingerprint density at radius 1 is 1.00 bits per heavy atom. The van der Waals surface area contributed by atoms with Crippen LogP contribution in [0.5, 0.6) is 0 Å². The molecule has 2 aromatic carbocycles. The molecule has 0 aliphatic rings. The van der Waals surface area contributed by atoms with Crippen LogP contribution >= 0.6 is 11.8 Å². The van der Waals surface area contributed by atoms with Crippen LogP contribution in [0.4, 0.5) is 10.5 Å². The first-order valence-electron chi connectivity index (χ1n) is 12.2. The molecule has 1 heterocycles. The number of anilines is 1. The van der Waals surface area contributed by atoms with Crippen LogP contribution in [-0.2, 0) is 27.3 Å². The molecule has 3 amide bonds. The first kappa shape index (κ1) is 29.2.